The van der Waals surface area contributed by atoms with Crippen molar-refractivity contribution in [2.24, 2.45) is 5.73 Å². The van der Waals surface area contributed by atoms with E-state index in [1.807, 2.05) is 0 Å². The van der Waals surface area contributed by atoms with Gasteiger partial charge in [0.2, 0.25) is 0 Å². The van der Waals surface area contributed by atoms with E-state index in [9.17, 15) is 8.42 Å². The molecule has 0 aromatic heterocycles. The Morgan fingerprint density at radius 3 is 2.43 bits per heavy atom. The molecule has 0 aliphatic rings. The lowest BCUT2D eigenvalue weighted by Crippen LogP contribution is -2.11. The van der Waals surface area contributed by atoms with Gasteiger partial charge < -0.3 is 5.73 Å². The lowest BCUT2D eigenvalue weighted by Gasteiger charge is -2.11. The van der Waals surface area contributed by atoms with Crippen LogP contribution in [0.1, 0.15) is 18.5 Å². The third kappa shape index (κ3) is 2.47. The zero-order valence-corrected chi connectivity index (χ0v) is 9.56. The third-order valence-corrected chi connectivity index (χ3v) is 3.27. The van der Waals surface area contributed by atoms with Gasteiger partial charge in [0, 0.05) is 17.3 Å². The molecule has 1 aromatic carbocycles. The van der Waals surface area contributed by atoms with Crippen molar-refractivity contribution in [3.05, 3.63) is 28.8 Å². The van der Waals surface area contributed by atoms with E-state index in [1.54, 1.807) is 19.1 Å². The van der Waals surface area contributed by atoms with Crippen LogP contribution in [0, 0.1) is 0 Å². The molecule has 0 amide bonds. The zero-order chi connectivity index (χ0) is 10.9. The Kier molecular flexibility index (Phi) is 3.19. The van der Waals surface area contributed by atoms with Crippen molar-refractivity contribution in [1.29, 1.82) is 0 Å². The first kappa shape index (κ1) is 11.5. The molecule has 3 nitrogen and oxygen atoms in total. The van der Waals surface area contributed by atoms with Gasteiger partial charge in [-0.15, -0.1) is 0 Å². The monoisotopic (exact) mass is 233 g/mol. The third-order valence-electron chi connectivity index (χ3n) is 1.86. The van der Waals surface area contributed by atoms with E-state index < -0.39 is 9.84 Å². The molecule has 0 saturated carbocycles. The Balaban J connectivity index is 3.45. The maximum Gasteiger partial charge on any atom is 0.175 e. The Morgan fingerprint density at radius 2 is 2.00 bits per heavy atom. The number of rotatable bonds is 2. The number of hydrogen-bond donors (Lipinski definition) is 1. The summed E-state index contributed by atoms with van der Waals surface area (Å²) in [6, 6.07) is 4.27. The van der Waals surface area contributed by atoms with Gasteiger partial charge in [0.15, 0.2) is 9.84 Å². The van der Waals surface area contributed by atoms with Crippen molar-refractivity contribution in [1.82, 2.24) is 0 Å². The number of halogens is 1. The van der Waals surface area contributed by atoms with Crippen molar-refractivity contribution < 1.29 is 8.42 Å². The molecule has 5 heteroatoms. The Bertz CT molecular complexity index is 440. The summed E-state index contributed by atoms with van der Waals surface area (Å²) in [6.45, 7) is 1.72. The lowest BCUT2D eigenvalue weighted by molar-refractivity contribution is 0.599. The minimum atomic E-state index is -3.23. The minimum Gasteiger partial charge on any atom is -0.324 e. The number of benzene rings is 1. The van der Waals surface area contributed by atoms with Crippen LogP contribution < -0.4 is 5.73 Å². The molecule has 0 fully saturated rings. The van der Waals surface area contributed by atoms with Crippen molar-refractivity contribution in [3.8, 4) is 0 Å². The van der Waals surface area contributed by atoms with E-state index >= 15 is 0 Å². The minimum absolute atomic E-state index is 0.247. The van der Waals surface area contributed by atoms with Gasteiger partial charge >= 0.3 is 0 Å². The van der Waals surface area contributed by atoms with Gasteiger partial charge in [-0.25, -0.2) is 8.42 Å². The van der Waals surface area contributed by atoms with Crippen LogP contribution in [0.4, 0.5) is 0 Å². The molecule has 78 valence electrons. The van der Waals surface area contributed by atoms with E-state index in [-0.39, 0.29) is 10.9 Å². The summed E-state index contributed by atoms with van der Waals surface area (Å²) in [5, 5.41) is 0.490. The van der Waals surface area contributed by atoms with Gasteiger partial charge in [-0.1, -0.05) is 11.6 Å². The van der Waals surface area contributed by atoms with Gasteiger partial charge in [-0.2, -0.15) is 0 Å². The molecule has 14 heavy (non-hydrogen) atoms. The molecule has 0 radical (unpaired) electrons. The Morgan fingerprint density at radius 1 is 1.43 bits per heavy atom. The second-order valence-corrected chi connectivity index (χ2v) is 5.66. The second-order valence-electron chi connectivity index (χ2n) is 3.24. The van der Waals surface area contributed by atoms with Gasteiger partial charge in [0.25, 0.3) is 0 Å². The first-order valence-electron chi connectivity index (χ1n) is 4.07. The molecule has 1 rings (SSSR count). The van der Waals surface area contributed by atoms with Gasteiger partial charge in [0.1, 0.15) is 0 Å². The van der Waals surface area contributed by atoms with Crippen LogP contribution in [0.25, 0.3) is 0 Å². The van der Waals surface area contributed by atoms with Crippen LogP contribution >= 0.6 is 11.6 Å². The first-order valence-corrected chi connectivity index (χ1v) is 6.34. The van der Waals surface area contributed by atoms with E-state index in [0.717, 1.165) is 6.26 Å². The summed E-state index contributed by atoms with van der Waals surface area (Å²) in [5.41, 5.74) is 6.21. The molecule has 1 aromatic rings. The maximum absolute atomic E-state index is 11.4. The van der Waals surface area contributed by atoms with Gasteiger partial charge in [-0.05, 0) is 30.7 Å². The molecule has 0 aliphatic heterocycles. The van der Waals surface area contributed by atoms with E-state index in [1.165, 1.54) is 6.07 Å². The van der Waals surface area contributed by atoms with Crippen molar-refractivity contribution in [2.45, 2.75) is 17.9 Å². The lowest BCUT2D eigenvalue weighted by atomic mass is 10.1. The fourth-order valence-corrected chi connectivity index (χ4v) is 2.38. The van der Waals surface area contributed by atoms with Crippen LogP contribution in [-0.2, 0) is 9.84 Å². The highest BCUT2D eigenvalue weighted by Gasteiger charge is 2.15. The van der Waals surface area contributed by atoms with E-state index in [4.69, 9.17) is 17.3 Å². The highest BCUT2D eigenvalue weighted by Crippen LogP contribution is 2.24. The quantitative estimate of drug-likeness (QED) is 0.847. The van der Waals surface area contributed by atoms with Crippen molar-refractivity contribution in [2.75, 3.05) is 6.26 Å². The van der Waals surface area contributed by atoms with Gasteiger partial charge in [0.05, 0.1) is 4.90 Å². The maximum atomic E-state index is 11.4. The standard InChI is InChI=1S/C9H12ClNO2S/c1-6(11)8-5-7(10)3-4-9(8)14(2,12)13/h3-6H,11H2,1-2H3. The molecule has 1 unspecified atom stereocenters. The van der Waals surface area contributed by atoms with E-state index in [0.29, 0.717) is 10.6 Å². The topological polar surface area (TPSA) is 60.2 Å². The highest BCUT2D eigenvalue weighted by atomic mass is 35.5. The molecule has 2 N–H and O–H groups in total. The summed E-state index contributed by atoms with van der Waals surface area (Å²) in [4.78, 5) is 0.247. The summed E-state index contributed by atoms with van der Waals surface area (Å²) in [7, 11) is -3.23. The Labute approximate surface area is 88.8 Å². The average Bonchev–Trinajstić information content (AvgIpc) is 2.01. The zero-order valence-electron chi connectivity index (χ0n) is 7.99. The van der Waals surface area contributed by atoms with Crippen LogP contribution in [-0.4, -0.2) is 14.7 Å². The molecule has 1 atom stereocenters. The number of sulfone groups is 1. The van der Waals surface area contributed by atoms with Crippen molar-refractivity contribution in [3.63, 3.8) is 0 Å². The van der Waals surface area contributed by atoms with Crippen LogP contribution in [0.3, 0.4) is 0 Å². The van der Waals surface area contributed by atoms with Crippen molar-refractivity contribution >= 4 is 21.4 Å². The summed E-state index contributed by atoms with van der Waals surface area (Å²) >= 11 is 5.76. The fraction of sp³-hybridized carbons (Fsp3) is 0.333. The Hall–Kier alpha value is -0.580. The summed E-state index contributed by atoms with van der Waals surface area (Å²) in [5.74, 6) is 0. The van der Waals surface area contributed by atoms with Crippen LogP contribution in [0.15, 0.2) is 23.1 Å². The molecular formula is C9H12ClNO2S. The van der Waals surface area contributed by atoms with Crippen LogP contribution in [0.2, 0.25) is 5.02 Å². The second kappa shape index (κ2) is 3.88. The molecular weight excluding hydrogens is 222 g/mol. The predicted octanol–water partition coefficient (Wildman–Crippen LogP) is 1.76. The first-order chi connectivity index (χ1) is 6.32. The predicted molar refractivity (Wildman–Crippen MR) is 57.2 cm³/mol. The molecule has 0 saturated heterocycles. The van der Waals surface area contributed by atoms with Crippen LogP contribution in [0.5, 0.6) is 0 Å². The average molecular weight is 234 g/mol. The number of hydrogen-bond acceptors (Lipinski definition) is 3. The summed E-state index contributed by atoms with van der Waals surface area (Å²) in [6.07, 6.45) is 1.15. The molecule has 0 heterocycles. The highest BCUT2D eigenvalue weighted by molar-refractivity contribution is 7.90. The SMILES string of the molecule is CC(N)c1cc(Cl)ccc1S(C)(=O)=O. The smallest absolute Gasteiger partial charge is 0.175 e. The largest absolute Gasteiger partial charge is 0.324 e. The molecule has 0 spiro atoms. The number of nitrogens with two attached hydrogens (primary N) is 1. The summed E-state index contributed by atoms with van der Waals surface area (Å²) < 4.78 is 22.7. The van der Waals surface area contributed by atoms with E-state index in [2.05, 4.69) is 0 Å². The fourth-order valence-electron chi connectivity index (χ4n) is 1.21. The normalized spacial score (nSPS) is 14.0. The molecule has 0 aliphatic carbocycles. The molecule has 0 bridgehead atoms. The van der Waals surface area contributed by atoms with Gasteiger partial charge in [-0.3, -0.25) is 0 Å².